The number of rotatable bonds is 10. The number of guanidine groups is 1. The Morgan fingerprint density at radius 2 is 1.96 bits per heavy atom. The maximum absolute atomic E-state index is 5.67. The van der Waals surface area contributed by atoms with Gasteiger partial charge in [-0.15, -0.1) is 0 Å². The van der Waals surface area contributed by atoms with Crippen LogP contribution in [0.3, 0.4) is 0 Å². The van der Waals surface area contributed by atoms with Gasteiger partial charge in [0.15, 0.2) is 5.96 Å². The quantitative estimate of drug-likeness (QED) is 0.394. The van der Waals surface area contributed by atoms with Crippen molar-refractivity contribution < 1.29 is 4.74 Å². The van der Waals surface area contributed by atoms with Crippen molar-refractivity contribution in [2.24, 2.45) is 4.99 Å². The summed E-state index contributed by atoms with van der Waals surface area (Å²) in [5.74, 6) is 1.80. The summed E-state index contributed by atoms with van der Waals surface area (Å²) < 4.78 is 5.67. The maximum Gasteiger partial charge on any atom is 0.191 e. The van der Waals surface area contributed by atoms with Crippen molar-refractivity contribution >= 4 is 5.96 Å². The topological polar surface area (TPSA) is 48.9 Å². The minimum atomic E-state index is 0.708. The molecule has 1 fully saturated rings. The maximum atomic E-state index is 5.67. The number of hydrogen-bond acceptors (Lipinski definition) is 3. The molecule has 1 aliphatic carbocycles. The number of hydrogen-bond donors (Lipinski definition) is 2. The lowest BCUT2D eigenvalue weighted by molar-refractivity contribution is 0.282. The highest BCUT2D eigenvalue weighted by Crippen LogP contribution is 2.25. The lowest BCUT2D eigenvalue weighted by atomic mass is 10.3. The Morgan fingerprint density at radius 3 is 2.61 bits per heavy atom. The molecule has 0 atom stereocenters. The van der Waals surface area contributed by atoms with Crippen LogP contribution in [0, 0.1) is 0 Å². The molecule has 2 rings (SSSR count). The largest absolute Gasteiger partial charge is 0.494 e. The molecule has 1 aromatic carbocycles. The van der Waals surface area contributed by atoms with Crippen LogP contribution in [0.5, 0.6) is 5.75 Å². The third kappa shape index (κ3) is 6.91. The van der Waals surface area contributed by atoms with Crippen molar-refractivity contribution in [3.8, 4) is 5.75 Å². The van der Waals surface area contributed by atoms with E-state index in [1.54, 1.807) is 0 Å². The average molecular weight is 318 g/mol. The number of benzene rings is 1. The molecule has 0 saturated heterocycles. The van der Waals surface area contributed by atoms with Gasteiger partial charge in [-0.1, -0.05) is 25.1 Å². The van der Waals surface area contributed by atoms with Crippen LogP contribution in [-0.4, -0.2) is 56.7 Å². The Bertz CT molecular complexity index is 459. The van der Waals surface area contributed by atoms with Crippen LogP contribution < -0.4 is 15.4 Å². The number of nitrogens with one attached hydrogen (secondary N) is 2. The van der Waals surface area contributed by atoms with Crippen LogP contribution in [0.4, 0.5) is 0 Å². The van der Waals surface area contributed by atoms with Gasteiger partial charge in [0.05, 0.1) is 6.61 Å². The van der Waals surface area contributed by atoms with Gasteiger partial charge in [-0.2, -0.15) is 0 Å². The van der Waals surface area contributed by atoms with E-state index < -0.39 is 0 Å². The van der Waals surface area contributed by atoms with E-state index in [0.29, 0.717) is 6.61 Å². The normalized spacial score (nSPS) is 14.8. The highest BCUT2D eigenvalue weighted by molar-refractivity contribution is 5.79. The molecule has 0 unspecified atom stereocenters. The summed E-state index contributed by atoms with van der Waals surface area (Å²) in [6.07, 6.45) is 3.67. The molecule has 23 heavy (non-hydrogen) atoms. The van der Waals surface area contributed by atoms with Gasteiger partial charge in [0.2, 0.25) is 0 Å². The first kappa shape index (κ1) is 17.6. The van der Waals surface area contributed by atoms with Gasteiger partial charge in [-0.3, -0.25) is 9.89 Å². The van der Waals surface area contributed by atoms with E-state index in [4.69, 9.17) is 4.74 Å². The van der Waals surface area contributed by atoms with Crippen molar-refractivity contribution in [3.63, 3.8) is 0 Å². The van der Waals surface area contributed by atoms with Crippen molar-refractivity contribution in [2.45, 2.75) is 32.2 Å². The Balaban J connectivity index is 1.52. The molecule has 0 amide bonds. The fraction of sp³-hybridized carbons (Fsp3) is 0.611. The van der Waals surface area contributed by atoms with Crippen molar-refractivity contribution in [1.29, 1.82) is 0 Å². The van der Waals surface area contributed by atoms with E-state index in [9.17, 15) is 0 Å². The summed E-state index contributed by atoms with van der Waals surface area (Å²) in [5, 5.41) is 6.71. The third-order valence-electron chi connectivity index (χ3n) is 4.01. The van der Waals surface area contributed by atoms with Crippen LogP contribution >= 0.6 is 0 Å². The van der Waals surface area contributed by atoms with Crippen molar-refractivity contribution in [2.75, 3.05) is 39.8 Å². The molecule has 0 spiro atoms. The van der Waals surface area contributed by atoms with E-state index in [1.807, 2.05) is 37.4 Å². The molecular weight excluding hydrogens is 288 g/mol. The fourth-order valence-electron chi connectivity index (χ4n) is 2.56. The smallest absolute Gasteiger partial charge is 0.191 e. The van der Waals surface area contributed by atoms with Crippen molar-refractivity contribution in [1.82, 2.24) is 15.5 Å². The molecule has 0 aromatic heterocycles. The summed E-state index contributed by atoms with van der Waals surface area (Å²) in [5.41, 5.74) is 0. The van der Waals surface area contributed by atoms with Gasteiger partial charge in [-0.05, 0) is 37.9 Å². The summed E-state index contributed by atoms with van der Waals surface area (Å²) in [6, 6.07) is 10.8. The first-order valence-corrected chi connectivity index (χ1v) is 8.70. The van der Waals surface area contributed by atoms with Crippen molar-refractivity contribution in [3.05, 3.63) is 30.3 Å². The molecule has 128 valence electrons. The predicted molar refractivity (Wildman–Crippen MR) is 96.2 cm³/mol. The molecule has 5 nitrogen and oxygen atoms in total. The predicted octanol–water partition coefficient (Wildman–Crippen LogP) is 2.10. The van der Waals surface area contributed by atoms with Gasteiger partial charge in [0, 0.05) is 32.7 Å². The molecule has 1 saturated carbocycles. The molecule has 0 bridgehead atoms. The fourth-order valence-corrected chi connectivity index (χ4v) is 2.56. The van der Waals surface area contributed by atoms with Crippen LogP contribution in [0.2, 0.25) is 0 Å². The minimum Gasteiger partial charge on any atom is -0.494 e. The summed E-state index contributed by atoms with van der Waals surface area (Å²) in [7, 11) is 1.81. The summed E-state index contributed by atoms with van der Waals surface area (Å²) in [6.45, 7) is 6.95. The lowest BCUT2D eigenvalue weighted by Gasteiger charge is -2.20. The molecule has 2 N–H and O–H groups in total. The zero-order chi connectivity index (χ0) is 16.3. The van der Waals surface area contributed by atoms with Crippen LogP contribution in [0.15, 0.2) is 35.3 Å². The Kier molecular flexibility index (Phi) is 7.73. The Morgan fingerprint density at radius 1 is 1.22 bits per heavy atom. The number of nitrogens with zero attached hydrogens (tertiary/aromatic N) is 2. The number of aliphatic imine (C=N–C) groups is 1. The van der Waals surface area contributed by atoms with Gasteiger partial charge in [0.25, 0.3) is 0 Å². The second-order valence-electron chi connectivity index (χ2n) is 5.80. The van der Waals surface area contributed by atoms with Crippen LogP contribution in [0.1, 0.15) is 26.2 Å². The number of ether oxygens (including phenoxy) is 1. The molecular formula is C18H30N4O. The average Bonchev–Trinajstić information content (AvgIpc) is 3.42. The van der Waals surface area contributed by atoms with Crippen LogP contribution in [0.25, 0.3) is 0 Å². The molecule has 1 aliphatic rings. The molecule has 1 aromatic rings. The first-order valence-electron chi connectivity index (χ1n) is 8.70. The van der Waals surface area contributed by atoms with Gasteiger partial charge in [-0.25, -0.2) is 0 Å². The van der Waals surface area contributed by atoms with E-state index >= 15 is 0 Å². The number of likely N-dealkylation sites (N-methyl/N-ethyl adjacent to an activating group) is 1. The van der Waals surface area contributed by atoms with E-state index in [2.05, 4.69) is 27.4 Å². The highest BCUT2D eigenvalue weighted by Gasteiger charge is 2.27. The second kappa shape index (κ2) is 10.1. The SMILES string of the molecule is CCN(CCNC(=NC)NCCCOc1ccccc1)C1CC1. The second-order valence-corrected chi connectivity index (χ2v) is 5.80. The Hall–Kier alpha value is -1.75. The third-order valence-corrected chi connectivity index (χ3v) is 4.01. The monoisotopic (exact) mass is 318 g/mol. The minimum absolute atomic E-state index is 0.708. The molecule has 0 heterocycles. The Labute approximate surface area is 140 Å². The highest BCUT2D eigenvalue weighted by atomic mass is 16.5. The summed E-state index contributed by atoms with van der Waals surface area (Å²) >= 11 is 0. The van der Waals surface area contributed by atoms with E-state index in [-0.39, 0.29) is 0 Å². The zero-order valence-electron chi connectivity index (χ0n) is 14.4. The first-order chi connectivity index (χ1) is 11.3. The summed E-state index contributed by atoms with van der Waals surface area (Å²) in [4.78, 5) is 6.80. The van der Waals surface area contributed by atoms with E-state index in [1.165, 1.54) is 12.8 Å². The molecule has 5 heteroatoms. The molecule has 0 aliphatic heterocycles. The lowest BCUT2D eigenvalue weighted by Crippen LogP contribution is -2.42. The standard InChI is InChI=1S/C18H30N4O/c1-3-22(16-10-11-16)14-13-21-18(19-2)20-12-7-15-23-17-8-5-4-6-9-17/h4-6,8-9,16H,3,7,10-15H2,1-2H3,(H2,19,20,21). The zero-order valence-corrected chi connectivity index (χ0v) is 14.4. The van der Waals surface area contributed by atoms with Gasteiger partial charge < -0.3 is 15.4 Å². The van der Waals surface area contributed by atoms with Gasteiger partial charge in [0.1, 0.15) is 5.75 Å². The number of para-hydroxylation sites is 1. The van der Waals surface area contributed by atoms with Crippen LogP contribution in [-0.2, 0) is 0 Å². The molecule has 0 radical (unpaired) electrons. The van der Waals surface area contributed by atoms with E-state index in [0.717, 1.165) is 50.4 Å². The van der Waals surface area contributed by atoms with Gasteiger partial charge >= 0.3 is 0 Å².